The van der Waals surface area contributed by atoms with Crippen LogP contribution in [0.5, 0.6) is 0 Å². The van der Waals surface area contributed by atoms with E-state index in [2.05, 4.69) is 10.4 Å². The average molecular weight is 331 g/mol. The molecular formula is C12H21N5O4S. The van der Waals surface area contributed by atoms with E-state index in [1.807, 2.05) is 0 Å². The summed E-state index contributed by atoms with van der Waals surface area (Å²) in [6.07, 6.45) is 1.54. The third-order valence-electron chi connectivity index (χ3n) is 3.77. The lowest BCUT2D eigenvalue weighted by molar-refractivity contribution is 0.194. The van der Waals surface area contributed by atoms with E-state index < -0.39 is 16.1 Å². The molecule has 0 spiro atoms. The first-order valence-corrected chi connectivity index (χ1v) is 8.87. The summed E-state index contributed by atoms with van der Waals surface area (Å²) in [6.45, 7) is 1.56. The van der Waals surface area contributed by atoms with E-state index in [1.165, 1.54) is 10.6 Å². The predicted molar refractivity (Wildman–Crippen MR) is 81.1 cm³/mol. The predicted octanol–water partition coefficient (Wildman–Crippen LogP) is -0.128. The highest BCUT2D eigenvalue weighted by Crippen LogP contribution is 2.29. The summed E-state index contributed by atoms with van der Waals surface area (Å²) in [5.74, 6) is 0.654. The minimum atomic E-state index is -3.14. The molecule has 0 atom stereocenters. The van der Waals surface area contributed by atoms with E-state index in [9.17, 15) is 13.2 Å². The van der Waals surface area contributed by atoms with Gasteiger partial charge in [-0.15, -0.1) is 0 Å². The second-order valence-electron chi connectivity index (χ2n) is 5.39. The molecule has 0 radical (unpaired) electrons. The summed E-state index contributed by atoms with van der Waals surface area (Å²) in [4.78, 5) is 10.4. The molecule has 0 saturated carbocycles. The highest BCUT2D eigenvalue weighted by molar-refractivity contribution is 7.88. The van der Waals surface area contributed by atoms with Crippen molar-refractivity contribution in [2.45, 2.75) is 25.3 Å². The lowest BCUT2D eigenvalue weighted by Gasteiger charge is -2.29. The van der Waals surface area contributed by atoms with Crippen LogP contribution in [0, 0.1) is 0 Å². The van der Waals surface area contributed by atoms with Gasteiger partial charge in [-0.05, 0) is 12.8 Å². The minimum Gasteiger partial charge on any atom is -0.465 e. The maximum atomic E-state index is 11.5. The maximum Gasteiger partial charge on any atom is 0.404 e. The third-order valence-corrected chi connectivity index (χ3v) is 5.07. The van der Waals surface area contributed by atoms with Crippen LogP contribution in [-0.4, -0.2) is 59.6 Å². The van der Waals surface area contributed by atoms with Crippen molar-refractivity contribution in [1.82, 2.24) is 19.4 Å². The number of amides is 1. The van der Waals surface area contributed by atoms with Gasteiger partial charge in [-0.3, -0.25) is 0 Å². The standard InChI is InChI=1S/C12H21N5O4S/c1-22(20,21)16-5-2-9(3-6-16)10-8-11(13)17(15-10)7-4-14-12(18)19/h8-9,14H,2-7,13H2,1H3,(H,18,19). The number of aromatic nitrogens is 2. The molecule has 1 saturated heterocycles. The van der Waals surface area contributed by atoms with Crippen LogP contribution in [0.15, 0.2) is 6.07 Å². The van der Waals surface area contributed by atoms with Gasteiger partial charge in [0.15, 0.2) is 0 Å². The molecule has 1 aromatic heterocycles. The lowest BCUT2D eigenvalue weighted by Crippen LogP contribution is -2.37. The summed E-state index contributed by atoms with van der Waals surface area (Å²) < 4.78 is 26.0. The maximum absolute atomic E-state index is 11.5. The number of nitrogens with two attached hydrogens (primary N) is 1. The van der Waals surface area contributed by atoms with Gasteiger partial charge >= 0.3 is 6.09 Å². The zero-order valence-corrected chi connectivity index (χ0v) is 13.2. The van der Waals surface area contributed by atoms with Crippen molar-refractivity contribution in [3.8, 4) is 0 Å². The number of carboxylic acid groups (broad SMARTS) is 1. The molecule has 1 aromatic rings. The van der Waals surface area contributed by atoms with Crippen LogP contribution >= 0.6 is 0 Å². The smallest absolute Gasteiger partial charge is 0.404 e. The van der Waals surface area contributed by atoms with Crippen LogP contribution in [0.4, 0.5) is 10.6 Å². The van der Waals surface area contributed by atoms with Crippen molar-refractivity contribution in [1.29, 1.82) is 0 Å². The number of carbonyl (C=O) groups is 1. The van der Waals surface area contributed by atoms with Gasteiger partial charge in [0.2, 0.25) is 10.0 Å². The quantitative estimate of drug-likeness (QED) is 0.689. The molecule has 1 aliphatic rings. The number of hydrogen-bond donors (Lipinski definition) is 3. The molecule has 1 fully saturated rings. The number of nitrogens with one attached hydrogen (secondary N) is 1. The highest BCUT2D eigenvalue weighted by Gasteiger charge is 2.27. The molecule has 22 heavy (non-hydrogen) atoms. The normalized spacial score (nSPS) is 17.5. The number of piperidine rings is 1. The summed E-state index contributed by atoms with van der Waals surface area (Å²) in [6, 6.07) is 1.78. The lowest BCUT2D eigenvalue weighted by atomic mass is 9.95. The van der Waals surface area contributed by atoms with Crippen molar-refractivity contribution in [2.75, 3.05) is 31.6 Å². The van der Waals surface area contributed by atoms with E-state index in [-0.39, 0.29) is 12.5 Å². The molecule has 0 aromatic carbocycles. The number of nitrogens with zero attached hydrogens (tertiary/aromatic N) is 3. The number of rotatable bonds is 5. The van der Waals surface area contributed by atoms with Crippen molar-refractivity contribution in [3.63, 3.8) is 0 Å². The summed E-state index contributed by atoms with van der Waals surface area (Å²) in [7, 11) is -3.14. The van der Waals surface area contributed by atoms with E-state index >= 15 is 0 Å². The Balaban J connectivity index is 1.95. The molecule has 0 bridgehead atoms. The van der Waals surface area contributed by atoms with Crippen molar-refractivity contribution >= 4 is 21.9 Å². The fraction of sp³-hybridized carbons (Fsp3) is 0.667. The molecule has 1 amide bonds. The van der Waals surface area contributed by atoms with Crippen LogP contribution in [0.1, 0.15) is 24.5 Å². The molecule has 10 heteroatoms. The van der Waals surface area contributed by atoms with Crippen molar-refractivity contribution in [2.24, 2.45) is 0 Å². The number of sulfonamides is 1. The fourth-order valence-electron chi connectivity index (χ4n) is 2.58. The van der Waals surface area contributed by atoms with Gasteiger partial charge in [0.25, 0.3) is 0 Å². The minimum absolute atomic E-state index is 0.175. The van der Waals surface area contributed by atoms with Gasteiger partial charge in [0, 0.05) is 31.6 Å². The highest BCUT2D eigenvalue weighted by atomic mass is 32.2. The average Bonchev–Trinajstić information content (AvgIpc) is 2.79. The zero-order valence-electron chi connectivity index (χ0n) is 12.4. The van der Waals surface area contributed by atoms with Gasteiger partial charge in [-0.1, -0.05) is 0 Å². The van der Waals surface area contributed by atoms with Crippen LogP contribution in [0.2, 0.25) is 0 Å². The SMILES string of the molecule is CS(=O)(=O)N1CCC(c2cc(N)n(CCNC(=O)O)n2)CC1. The summed E-state index contributed by atoms with van der Waals surface area (Å²) >= 11 is 0. The van der Waals surface area contributed by atoms with Gasteiger partial charge in [0.1, 0.15) is 5.82 Å². The van der Waals surface area contributed by atoms with Crippen LogP contribution in [-0.2, 0) is 16.6 Å². The van der Waals surface area contributed by atoms with Crippen LogP contribution < -0.4 is 11.1 Å². The molecule has 9 nitrogen and oxygen atoms in total. The molecule has 124 valence electrons. The zero-order chi connectivity index (χ0) is 16.3. The Hall–Kier alpha value is -1.81. The van der Waals surface area contributed by atoms with E-state index in [1.54, 1.807) is 10.7 Å². The van der Waals surface area contributed by atoms with Crippen LogP contribution in [0.25, 0.3) is 0 Å². The number of anilines is 1. The number of nitrogen functional groups attached to an aromatic ring is 1. The molecule has 0 aliphatic carbocycles. The molecular weight excluding hydrogens is 310 g/mol. The Kier molecular flexibility index (Phi) is 4.91. The van der Waals surface area contributed by atoms with Crippen molar-refractivity contribution in [3.05, 3.63) is 11.8 Å². The Labute approximate surface area is 129 Å². The van der Waals surface area contributed by atoms with Crippen molar-refractivity contribution < 1.29 is 18.3 Å². The molecule has 2 heterocycles. The van der Waals surface area contributed by atoms with E-state index in [4.69, 9.17) is 10.8 Å². The van der Waals surface area contributed by atoms with E-state index in [0.29, 0.717) is 38.3 Å². The molecule has 1 aliphatic heterocycles. The Bertz CT molecular complexity index is 634. The van der Waals surface area contributed by atoms with Gasteiger partial charge in [-0.25, -0.2) is 22.2 Å². The largest absolute Gasteiger partial charge is 0.465 e. The first kappa shape index (κ1) is 16.6. The monoisotopic (exact) mass is 331 g/mol. The Morgan fingerprint density at radius 3 is 2.68 bits per heavy atom. The summed E-state index contributed by atoms with van der Waals surface area (Å²) in [5, 5.41) is 15.2. The fourth-order valence-corrected chi connectivity index (χ4v) is 3.46. The first-order chi connectivity index (χ1) is 10.3. The van der Waals surface area contributed by atoms with Crippen LogP contribution in [0.3, 0.4) is 0 Å². The topological polar surface area (TPSA) is 131 Å². The summed E-state index contributed by atoms with van der Waals surface area (Å²) in [5.41, 5.74) is 6.71. The number of hydrogen-bond acceptors (Lipinski definition) is 5. The second kappa shape index (κ2) is 6.53. The second-order valence-corrected chi connectivity index (χ2v) is 7.37. The third kappa shape index (κ3) is 4.10. The molecule has 0 unspecified atom stereocenters. The van der Waals surface area contributed by atoms with Gasteiger partial charge in [0.05, 0.1) is 18.5 Å². The molecule has 4 N–H and O–H groups in total. The van der Waals surface area contributed by atoms with Gasteiger partial charge < -0.3 is 16.2 Å². The van der Waals surface area contributed by atoms with Gasteiger partial charge in [-0.2, -0.15) is 5.10 Å². The Morgan fingerprint density at radius 1 is 1.50 bits per heavy atom. The first-order valence-electron chi connectivity index (χ1n) is 7.02. The Morgan fingerprint density at radius 2 is 2.14 bits per heavy atom. The molecule has 2 rings (SSSR count). The van der Waals surface area contributed by atoms with E-state index in [0.717, 1.165) is 5.69 Å².